The summed E-state index contributed by atoms with van der Waals surface area (Å²) < 4.78 is 0. The topological polar surface area (TPSA) is 62.4 Å². The number of benzene rings is 2. The lowest BCUT2D eigenvalue weighted by Gasteiger charge is -2.06. The van der Waals surface area contributed by atoms with Crippen LogP contribution in [0.4, 0.5) is 11.4 Å². The van der Waals surface area contributed by atoms with Crippen molar-refractivity contribution in [3.63, 3.8) is 0 Å². The predicted octanol–water partition coefficient (Wildman–Crippen LogP) is 3.53. The van der Waals surface area contributed by atoms with E-state index in [9.17, 15) is 0 Å². The maximum absolute atomic E-state index is 5.82. The molecule has 2 aromatic rings. The van der Waals surface area contributed by atoms with E-state index in [0.29, 0.717) is 12.5 Å². The van der Waals surface area contributed by atoms with Gasteiger partial charge in [0.1, 0.15) is 0 Å². The Labute approximate surface area is 142 Å². The number of anilines is 2. The summed E-state index contributed by atoms with van der Waals surface area (Å²) >= 11 is 0. The minimum Gasteiger partial charge on any atom is -0.385 e. The molecule has 0 bridgehead atoms. The highest BCUT2D eigenvalue weighted by Crippen LogP contribution is 2.05. The summed E-state index contributed by atoms with van der Waals surface area (Å²) in [6.45, 7) is 1.58. The first-order valence-corrected chi connectivity index (χ1v) is 6.75. The zero-order valence-electron chi connectivity index (χ0n) is 11.8. The van der Waals surface area contributed by atoms with Gasteiger partial charge in [0, 0.05) is 24.5 Å². The molecule has 0 aromatic heterocycles. The van der Waals surface area contributed by atoms with E-state index in [4.69, 9.17) is 5.73 Å². The van der Waals surface area contributed by atoms with Gasteiger partial charge in [-0.25, -0.2) is 0 Å². The molecule has 0 heterocycles. The lowest BCUT2D eigenvalue weighted by molar-refractivity contribution is 0.873. The summed E-state index contributed by atoms with van der Waals surface area (Å²) in [7, 11) is 0. The minimum atomic E-state index is 0. The molecule has 5 heteroatoms. The molecule has 2 rings (SSSR count). The normalized spacial score (nSPS) is 10.6. The fraction of sp³-hybridized carbons (Fsp3) is 0.188. The number of halogens is 1. The minimum absolute atomic E-state index is 0. The Morgan fingerprint density at radius 2 is 1.48 bits per heavy atom. The summed E-state index contributed by atoms with van der Waals surface area (Å²) in [5, 5.41) is 6.40. The van der Waals surface area contributed by atoms with Crippen LogP contribution in [0.5, 0.6) is 0 Å². The van der Waals surface area contributed by atoms with Gasteiger partial charge >= 0.3 is 0 Å². The smallest absolute Gasteiger partial charge is 0.193 e. The Morgan fingerprint density at radius 3 is 2.10 bits per heavy atom. The maximum atomic E-state index is 5.82. The molecule has 0 spiro atoms. The van der Waals surface area contributed by atoms with Crippen LogP contribution in [-0.4, -0.2) is 19.0 Å². The van der Waals surface area contributed by atoms with Crippen molar-refractivity contribution in [3.8, 4) is 0 Å². The van der Waals surface area contributed by atoms with Crippen LogP contribution in [-0.2, 0) is 0 Å². The van der Waals surface area contributed by atoms with Crippen LogP contribution in [0, 0.1) is 0 Å². The van der Waals surface area contributed by atoms with E-state index in [1.807, 2.05) is 48.5 Å². The van der Waals surface area contributed by atoms with Crippen molar-refractivity contribution in [1.29, 1.82) is 0 Å². The number of nitrogens with two attached hydrogens (primary N) is 1. The predicted molar refractivity (Wildman–Crippen MR) is 102 cm³/mol. The standard InChI is InChI=1S/C16H20N4.HI/c17-16(20-15-10-5-2-6-11-15)19-13-7-12-18-14-8-3-1-4-9-14;/h1-6,8-11,18H,7,12-13H2,(H3,17,19,20);1H. The molecule has 0 saturated carbocycles. The summed E-state index contributed by atoms with van der Waals surface area (Å²) in [5.74, 6) is 0.455. The van der Waals surface area contributed by atoms with Crippen LogP contribution < -0.4 is 16.4 Å². The monoisotopic (exact) mass is 396 g/mol. The highest BCUT2D eigenvalue weighted by molar-refractivity contribution is 14.0. The Kier molecular flexibility index (Phi) is 8.27. The van der Waals surface area contributed by atoms with Gasteiger partial charge in [0.15, 0.2) is 5.96 Å². The second-order valence-corrected chi connectivity index (χ2v) is 4.40. The lowest BCUT2D eigenvalue weighted by Crippen LogP contribution is -2.23. The van der Waals surface area contributed by atoms with E-state index in [-0.39, 0.29) is 24.0 Å². The Morgan fingerprint density at radius 1 is 0.905 bits per heavy atom. The zero-order chi connectivity index (χ0) is 14.0. The van der Waals surface area contributed by atoms with Crippen LogP contribution >= 0.6 is 24.0 Å². The third kappa shape index (κ3) is 6.99. The summed E-state index contributed by atoms with van der Waals surface area (Å²) in [4.78, 5) is 4.29. The van der Waals surface area contributed by atoms with Gasteiger partial charge < -0.3 is 16.4 Å². The van der Waals surface area contributed by atoms with E-state index in [1.165, 1.54) is 0 Å². The molecular formula is C16H21IN4. The number of aliphatic imine (C=N–C) groups is 1. The van der Waals surface area contributed by atoms with Crippen molar-refractivity contribution >= 4 is 41.3 Å². The molecule has 21 heavy (non-hydrogen) atoms. The van der Waals surface area contributed by atoms with Crippen LogP contribution in [0.25, 0.3) is 0 Å². The van der Waals surface area contributed by atoms with Crippen LogP contribution in [0.1, 0.15) is 6.42 Å². The zero-order valence-corrected chi connectivity index (χ0v) is 14.2. The summed E-state index contributed by atoms with van der Waals surface area (Å²) in [5.41, 5.74) is 7.90. The third-order valence-corrected chi connectivity index (χ3v) is 2.77. The number of nitrogens with zero attached hydrogens (tertiary/aromatic N) is 1. The SMILES string of the molecule is I.NC(=NCCCNc1ccccc1)Nc1ccccc1. The highest BCUT2D eigenvalue weighted by atomic mass is 127. The van der Waals surface area contributed by atoms with E-state index in [2.05, 4.69) is 27.8 Å². The fourth-order valence-corrected chi connectivity index (χ4v) is 1.78. The number of guanidine groups is 1. The average molecular weight is 396 g/mol. The molecule has 2 aromatic carbocycles. The number of hydrogen-bond donors (Lipinski definition) is 3. The Bertz CT molecular complexity index is 528. The van der Waals surface area contributed by atoms with E-state index in [1.54, 1.807) is 0 Å². The Balaban J connectivity index is 0.00000220. The first kappa shape index (κ1) is 17.3. The molecular weight excluding hydrogens is 375 g/mol. The molecule has 0 fully saturated rings. The molecule has 0 aliphatic heterocycles. The first-order valence-electron chi connectivity index (χ1n) is 6.75. The molecule has 0 aliphatic rings. The van der Waals surface area contributed by atoms with Gasteiger partial charge in [-0.15, -0.1) is 24.0 Å². The van der Waals surface area contributed by atoms with Crippen molar-refractivity contribution in [3.05, 3.63) is 60.7 Å². The van der Waals surface area contributed by atoms with Crippen molar-refractivity contribution in [2.45, 2.75) is 6.42 Å². The van der Waals surface area contributed by atoms with E-state index < -0.39 is 0 Å². The molecule has 0 unspecified atom stereocenters. The quantitative estimate of drug-likeness (QED) is 0.303. The first-order chi connectivity index (χ1) is 9.84. The number of para-hydroxylation sites is 2. The van der Waals surface area contributed by atoms with Gasteiger partial charge in [0.2, 0.25) is 0 Å². The molecule has 4 N–H and O–H groups in total. The van der Waals surface area contributed by atoms with Crippen LogP contribution in [0.15, 0.2) is 65.7 Å². The Hall–Kier alpha value is -1.76. The lowest BCUT2D eigenvalue weighted by atomic mass is 10.3. The number of rotatable bonds is 6. The van der Waals surface area contributed by atoms with Crippen LogP contribution in [0.3, 0.4) is 0 Å². The van der Waals surface area contributed by atoms with Crippen LogP contribution in [0.2, 0.25) is 0 Å². The molecule has 0 atom stereocenters. The van der Waals surface area contributed by atoms with Crippen molar-refractivity contribution < 1.29 is 0 Å². The largest absolute Gasteiger partial charge is 0.385 e. The summed E-state index contributed by atoms with van der Waals surface area (Å²) in [6, 6.07) is 19.9. The number of nitrogens with one attached hydrogen (secondary N) is 2. The van der Waals surface area contributed by atoms with Crippen molar-refractivity contribution in [2.75, 3.05) is 23.7 Å². The highest BCUT2D eigenvalue weighted by Gasteiger charge is 1.93. The van der Waals surface area contributed by atoms with Gasteiger partial charge in [-0.1, -0.05) is 36.4 Å². The van der Waals surface area contributed by atoms with Gasteiger partial charge in [-0.2, -0.15) is 0 Å². The number of hydrogen-bond acceptors (Lipinski definition) is 2. The maximum Gasteiger partial charge on any atom is 0.193 e. The molecule has 0 radical (unpaired) electrons. The molecule has 112 valence electrons. The van der Waals surface area contributed by atoms with E-state index >= 15 is 0 Å². The second-order valence-electron chi connectivity index (χ2n) is 4.40. The van der Waals surface area contributed by atoms with Gasteiger partial charge in [0.25, 0.3) is 0 Å². The average Bonchev–Trinajstić information content (AvgIpc) is 2.49. The van der Waals surface area contributed by atoms with Gasteiger partial charge in [-0.05, 0) is 30.7 Å². The molecule has 0 aliphatic carbocycles. The second kappa shape index (κ2) is 10.0. The van der Waals surface area contributed by atoms with Gasteiger partial charge in [-0.3, -0.25) is 4.99 Å². The third-order valence-electron chi connectivity index (χ3n) is 2.77. The molecule has 0 amide bonds. The van der Waals surface area contributed by atoms with Gasteiger partial charge in [0.05, 0.1) is 0 Å². The molecule has 4 nitrogen and oxygen atoms in total. The molecule has 0 saturated heterocycles. The van der Waals surface area contributed by atoms with Crippen molar-refractivity contribution in [2.24, 2.45) is 10.7 Å². The van der Waals surface area contributed by atoms with E-state index in [0.717, 1.165) is 24.3 Å². The fourth-order valence-electron chi connectivity index (χ4n) is 1.78. The van der Waals surface area contributed by atoms with Crippen molar-refractivity contribution in [1.82, 2.24) is 0 Å². The summed E-state index contributed by atoms with van der Waals surface area (Å²) in [6.07, 6.45) is 0.937.